The van der Waals surface area contributed by atoms with Crippen LogP contribution < -0.4 is 5.32 Å². The second kappa shape index (κ2) is 8.31. The van der Waals surface area contributed by atoms with E-state index in [4.69, 9.17) is 0 Å². The standard InChI is InChI=1S/C14H20FNS/c1-3-4-5-8-13(16-2)11-17-14-9-6-7-12(15)10-14/h3,6-7,9-10,13,16H,1,4-5,8,11H2,2H3. The zero-order chi connectivity index (χ0) is 12.5. The number of allylic oxidation sites excluding steroid dienone is 1. The van der Waals surface area contributed by atoms with Crippen LogP contribution in [-0.4, -0.2) is 18.8 Å². The molecule has 94 valence electrons. The number of unbranched alkanes of at least 4 members (excludes halogenated alkanes) is 1. The molecule has 1 aromatic carbocycles. The molecule has 1 N–H and O–H groups in total. The molecule has 0 bridgehead atoms. The minimum Gasteiger partial charge on any atom is -0.316 e. The first kappa shape index (κ1) is 14.3. The highest BCUT2D eigenvalue weighted by Crippen LogP contribution is 2.20. The number of halogens is 1. The Kier molecular flexibility index (Phi) is 6.97. The predicted octanol–water partition coefficient (Wildman–Crippen LogP) is 3.86. The van der Waals surface area contributed by atoms with Crippen LogP contribution in [-0.2, 0) is 0 Å². The highest BCUT2D eigenvalue weighted by molar-refractivity contribution is 7.99. The van der Waals surface area contributed by atoms with Crippen LogP contribution >= 0.6 is 11.8 Å². The van der Waals surface area contributed by atoms with Gasteiger partial charge in [0.05, 0.1) is 0 Å². The van der Waals surface area contributed by atoms with Crippen molar-refractivity contribution in [3.05, 3.63) is 42.7 Å². The van der Waals surface area contributed by atoms with Gasteiger partial charge in [-0.3, -0.25) is 0 Å². The largest absolute Gasteiger partial charge is 0.316 e. The summed E-state index contributed by atoms with van der Waals surface area (Å²) < 4.78 is 13.0. The van der Waals surface area contributed by atoms with E-state index in [9.17, 15) is 4.39 Å². The summed E-state index contributed by atoms with van der Waals surface area (Å²) in [7, 11) is 1.98. The fourth-order valence-electron chi connectivity index (χ4n) is 1.57. The van der Waals surface area contributed by atoms with Crippen LogP contribution in [0.3, 0.4) is 0 Å². The third-order valence-corrected chi connectivity index (χ3v) is 3.77. The summed E-state index contributed by atoms with van der Waals surface area (Å²) in [6, 6.07) is 7.24. The molecule has 0 aliphatic rings. The van der Waals surface area contributed by atoms with Gasteiger partial charge in [0.25, 0.3) is 0 Å². The van der Waals surface area contributed by atoms with Gasteiger partial charge in [-0.05, 0) is 44.5 Å². The van der Waals surface area contributed by atoms with Gasteiger partial charge in [-0.1, -0.05) is 12.1 Å². The molecule has 0 saturated heterocycles. The third-order valence-electron chi connectivity index (χ3n) is 2.62. The quantitative estimate of drug-likeness (QED) is 0.429. The molecule has 0 heterocycles. The van der Waals surface area contributed by atoms with Crippen molar-refractivity contribution in [1.82, 2.24) is 5.32 Å². The first-order valence-corrected chi connectivity index (χ1v) is 6.91. The van der Waals surface area contributed by atoms with Gasteiger partial charge in [0, 0.05) is 16.7 Å². The van der Waals surface area contributed by atoms with Gasteiger partial charge >= 0.3 is 0 Å². The molecule has 1 aromatic rings. The van der Waals surface area contributed by atoms with Gasteiger partial charge in [0.2, 0.25) is 0 Å². The van der Waals surface area contributed by atoms with Crippen LogP contribution in [0.25, 0.3) is 0 Å². The summed E-state index contributed by atoms with van der Waals surface area (Å²) in [4.78, 5) is 0.994. The fourth-order valence-corrected chi connectivity index (χ4v) is 2.67. The summed E-state index contributed by atoms with van der Waals surface area (Å²) >= 11 is 1.70. The molecule has 1 unspecified atom stereocenters. The lowest BCUT2D eigenvalue weighted by atomic mass is 10.1. The molecule has 0 aliphatic heterocycles. The van der Waals surface area contributed by atoms with Crippen molar-refractivity contribution in [1.29, 1.82) is 0 Å². The van der Waals surface area contributed by atoms with Crippen molar-refractivity contribution < 1.29 is 4.39 Å². The van der Waals surface area contributed by atoms with E-state index in [-0.39, 0.29) is 5.82 Å². The molecule has 0 radical (unpaired) electrons. The van der Waals surface area contributed by atoms with E-state index < -0.39 is 0 Å². The van der Waals surface area contributed by atoms with Crippen molar-refractivity contribution in [2.75, 3.05) is 12.8 Å². The summed E-state index contributed by atoms with van der Waals surface area (Å²) in [5.74, 6) is 0.805. The molecule has 1 atom stereocenters. The van der Waals surface area contributed by atoms with E-state index in [1.54, 1.807) is 23.9 Å². The minimum atomic E-state index is -0.164. The summed E-state index contributed by atoms with van der Waals surface area (Å²) in [6.45, 7) is 3.72. The molecular formula is C14H20FNS. The number of hydrogen-bond donors (Lipinski definition) is 1. The Morgan fingerprint density at radius 3 is 3.00 bits per heavy atom. The number of benzene rings is 1. The monoisotopic (exact) mass is 253 g/mol. The Bertz CT molecular complexity index is 341. The third kappa shape index (κ3) is 5.89. The van der Waals surface area contributed by atoms with Gasteiger partial charge in [-0.2, -0.15) is 0 Å². The maximum Gasteiger partial charge on any atom is 0.124 e. The molecule has 0 saturated carbocycles. The SMILES string of the molecule is C=CCCCC(CSc1cccc(F)c1)NC. The van der Waals surface area contributed by atoms with Gasteiger partial charge < -0.3 is 5.32 Å². The molecular weight excluding hydrogens is 233 g/mol. The summed E-state index contributed by atoms with van der Waals surface area (Å²) in [5.41, 5.74) is 0. The molecule has 0 fully saturated rings. The van der Waals surface area contributed by atoms with E-state index in [0.29, 0.717) is 6.04 Å². The molecule has 0 aromatic heterocycles. The van der Waals surface area contributed by atoms with Crippen LogP contribution in [0.2, 0.25) is 0 Å². The molecule has 1 nitrogen and oxygen atoms in total. The second-order valence-electron chi connectivity index (χ2n) is 3.97. The van der Waals surface area contributed by atoms with Crippen LogP contribution in [0.1, 0.15) is 19.3 Å². The first-order chi connectivity index (χ1) is 8.26. The van der Waals surface area contributed by atoms with Gasteiger partial charge in [0.1, 0.15) is 5.82 Å². The Morgan fingerprint density at radius 2 is 2.35 bits per heavy atom. The molecule has 3 heteroatoms. The summed E-state index contributed by atoms with van der Waals surface area (Å²) in [5, 5.41) is 3.30. The van der Waals surface area contributed by atoms with E-state index in [1.807, 2.05) is 19.2 Å². The van der Waals surface area contributed by atoms with Crippen molar-refractivity contribution in [3.63, 3.8) is 0 Å². The lowest BCUT2D eigenvalue weighted by molar-refractivity contribution is 0.552. The normalized spacial score (nSPS) is 12.4. The number of hydrogen-bond acceptors (Lipinski definition) is 2. The topological polar surface area (TPSA) is 12.0 Å². The number of nitrogens with one attached hydrogen (secondary N) is 1. The molecule has 0 amide bonds. The van der Waals surface area contributed by atoms with Crippen molar-refractivity contribution >= 4 is 11.8 Å². The van der Waals surface area contributed by atoms with Gasteiger partial charge in [0.15, 0.2) is 0 Å². The highest BCUT2D eigenvalue weighted by Gasteiger charge is 2.06. The minimum absolute atomic E-state index is 0.164. The average molecular weight is 253 g/mol. The molecule has 0 spiro atoms. The van der Waals surface area contributed by atoms with Crippen molar-refractivity contribution in [2.45, 2.75) is 30.2 Å². The maximum atomic E-state index is 13.0. The van der Waals surface area contributed by atoms with Crippen LogP contribution in [0.15, 0.2) is 41.8 Å². The highest BCUT2D eigenvalue weighted by atomic mass is 32.2. The Labute approximate surface area is 107 Å². The van der Waals surface area contributed by atoms with Crippen LogP contribution in [0, 0.1) is 5.82 Å². The van der Waals surface area contributed by atoms with Crippen molar-refractivity contribution in [3.8, 4) is 0 Å². The zero-order valence-corrected chi connectivity index (χ0v) is 11.1. The number of rotatable bonds is 8. The van der Waals surface area contributed by atoms with E-state index >= 15 is 0 Å². The van der Waals surface area contributed by atoms with Crippen LogP contribution in [0.5, 0.6) is 0 Å². The Morgan fingerprint density at radius 1 is 1.53 bits per heavy atom. The van der Waals surface area contributed by atoms with E-state index in [2.05, 4.69) is 11.9 Å². The van der Waals surface area contributed by atoms with Crippen molar-refractivity contribution in [2.24, 2.45) is 0 Å². The Balaban J connectivity index is 2.34. The van der Waals surface area contributed by atoms with Crippen LogP contribution in [0.4, 0.5) is 4.39 Å². The first-order valence-electron chi connectivity index (χ1n) is 5.92. The fraction of sp³-hybridized carbons (Fsp3) is 0.429. The molecule has 1 rings (SSSR count). The number of thioether (sulfide) groups is 1. The average Bonchev–Trinajstić information content (AvgIpc) is 2.34. The van der Waals surface area contributed by atoms with E-state index in [1.165, 1.54) is 6.07 Å². The molecule has 17 heavy (non-hydrogen) atoms. The molecule has 0 aliphatic carbocycles. The van der Waals surface area contributed by atoms with Gasteiger partial charge in [-0.25, -0.2) is 4.39 Å². The van der Waals surface area contributed by atoms with Gasteiger partial charge in [-0.15, -0.1) is 18.3 Å². The predicted molar refractivity (Wildman–Crippen MR) is 74.0 cm³/mol. The lowest BCUT2D eigenvalue weighted by Crippen LogP contribution is -2.27. The second-order valence-corrected chi connectivity index (χ2v) is 5.07. The van der Waals surface area contributed by atoms with E-state index in [0.717, 1.165) is 29.9 Å². The smallest absolute Gasteiger partial charge is 0.124 e. The zero-order valence-electron chi connectivity index (χ0n) is 10.3. The Hall–Kier alpha value is -0.800. The summed E-state index contributed by atoms with van der Waals surface area (Å²) in [6.07, 6.45) is 5.29. The maximum absolute atomic E-state index is 13.0. The lowest BCUT2D eigenvalue weighted by Gasteiger charge is -2.15.